The first-order chi connectivity index (χ1) is 14.5. The van der Waals surface area contributed by atoms with E-state index in [1.807, 2.05) is 44.4 Å². The number of rotatable bonds is 8. The predicted molar refractivity (Wildman–Crippen MR) is 117 cm³/mol. The van der Waals surface area contributed by atoms with Gasteiger partial charge in [-0.15, -0.1) is 11.3 Å². The molecule has 2 aromatic carbocycles. The first kappa shape index (κ1) is 21.5. The van der Waals surface area contributed by atoms with E-state index in [1.165, 1.54) is 0 Å². The maximum Gasteiger partial charge on any atom is 0.338 e. The lowest BCUT2D eigenvalue weighted by molar-refractivity contribution is -0.119. The van der Waals surface area contributed by atoms with Gasteiger partial charge in [-0.1, -0.05) is 31.2 Å². The minimum absolute atomic E-state index is 0.319. The Hall–Kier alpha value is -3.19. The summed E-state index contributed by atoms with van der Waals surface area (Å²) in [5.74, 6) is -0.425. The monoisotopic (exact) mass is 424 g/mol. The Morgan fingerprint density at radius 1 is 1.13 bits per heavy atom. The molecule has 1 N–H and O–H groups in total. The van der Waals surface area contributed by atoms with E-state index in [9.17, 15) is 9.59 Å². The van der Waals surface area contributed by atoms with E-state index in [4.69, 9.17) is 9.47 Å². The zero-order chi connectivity index (χ0) is 21.5. The largest absolute Gasteiger partial charge is 0.487 e. The second kappa shape index (κ2) is 10.0. The number of carbonyl (C=O) groups excluding carboxylic acids is 2. The van der Waals surface area contributed by atoms with Crippen molar-refractivity contribution in [2.45, 2.75) is 33.8 Å². The Morgan fingerprint density at radius 2 is 1.93 bits per heavy atom. The minimum Gasteiger partial charge on any atom is -0.487 e. The number of para-hydroxylation sites is 1. The van der Waals surface area contributed by atoms with E-state index in [1.54, 1.807) is 35.6 Å². The number of carbonyl (C=O) groups is 2. The molecule has 3 rings (SSSR count). The van der Waals surface area contributed by atoms with Crippen LogP contribution in [0.25, 0.3) is 0 Å². The average molecular weight is 425 g/mol. The third-order valence-electron chi connectivity index (χ3n) is 4.46. The van der Waals surface area contributed by atoms with Crippen LogP contribution >= 0.6 is 11.3 Å². The highest BCUT2D eigenvalue weighted by molar-refractivity contribution is 7.09. The fraction of sp³-hybridized carbons (Fsp3) is 0.261. The molecule has 0 bridgehead atoms. The standard InChI is InChI=1S/C23H24N2O4S/c1-4-17-8-5-7-15(2)22(17)25-21(26)13-29-23(27)18-9-6-10-20(11-18)28-12-19-14-30-16(3)24-19/h5-11,14H,4,12-13H2,1-3H3,(H,25,26). The number of benzene rings is 2. The van der Waals surface area contributed by atoms with Crippen molar-refractivity contribution in [2.24, 2.45) is 0 Å². The summed E-state index contributed by atoms with van der Waals surface area (Å²) >= 11 is 1.56. The zero-order valence-corrected chi connectivity index (χ0v) is 18.0. The molecule has 1 aromatic heterocycles. The first-order valence-corrected chi connectivity index (χ1v) is 10.5. The molecule has 0 spiro atoms. The fourth-order valence-corrected chi connectivity index (χ4v) is 3.53. The van der Waals surface area contributed by atoms with Gasteiger partial charge in [0.2, 0.25) is 0 Å². The molecule has 0 atom stereocenters. The van der Waals surface area contributed by atoms with E-state index in [-0.39, 0.29) is 12.5 Å². The van der Waals surface area contributed by atoms with Crippen LogP contribution < -0.4 is 10.1 Å². The average Bonchev–Trinajstić information content (AvgIpc) is 3.17. The Kier molecular flexibility index (Phi) is 7.19. The third-order valence-corrected chi connectivity index (χ3v) is 5.28. The summed E-state index contributed by atoms with van der Waals surface area (Å²) < 4.78 is 10.9. The van der Waals surface area contributed by atoms with Gasteiger partial charge >= 0.3 is 5.97 Å². The lowest BCUT2D eigenvalue weighted by Crippen LogP contribution is -2.22. The smallest absolute Gasteiger partial charge is 0.338 e. The van der Waals surface area contributed by atoms with Crippen molar-refractivity contribution in [1.29, 1.82) is 0 Å². The molecular weight excluding hydrogens is 400 g/mol. The molecule has 0 aliphatic heterocycles. The van der Waals surface area contributed by atoms with Gasteiger partial charge in [-0.3, -0.25) is 4.79 Å². The molecule has 156 valence electrons. The number of aryl methyl sites for hydroxylation is 3. The normalized spacial score (nSPS) is 10.5. The van der Waals surface area contributed by atoms with Crippen molar-refractivity contribution in [3.05, 3.63) is 75.2 Å². The number of esters is 1. The summed E-state index contributed by atoms with van der Waals surface area (Å²) in [4.78, 5) is 29.0. The van der Waals surface area contributed by atoms with Crippen LogP contribution in [0.3, 0.4) is 0 Å². The summed E-state index contributed by atoms with van der Waals surface area (Å²) in [5.41, 5.74) is 3.93. The van der Waals surface area contributed by atoms with Crippen LogP contribution in [0.4, 0.5) is 5.69 Å². The molecule has 0 radical (unpaired) electrons. The first-order valence-electron chi connectivity index (χ1n) is 9.65. The molecule has 1 amide bonds. The molecule has 1 heterocycles. The van der Waals surface area contributed by atoms with E-state index in [2.05, 4.69) is 10.3 Å². The van der Waals surface area contributed by atoms with Crippen LogP contribution in [0, 0.1) is 13.8 Å². The molecule has 0 fully saturated rings. The Balaban J connectivity index is 1.55. The summed E-state index contributed by atoms with van der Waals surface area (Å²) in [7, 11) is 0. The number of anilines is 1. The van der Waals surface area contributed by atoms with Crippen molar-refractivity contribution in [2.75, 3.05) is 11.9 Å². The second-order valence-corrected chi connectivity index (χ2v) is 7.82. The van der Waals surface area contributed by atoms with Crippen molar-refractivity contribution >= 4 is 28.9 Å². The molecular formula is C23H24N2O4S. The lowest BCUT2D eigenvalue weighted by Gasteiger charge is -2.13. The number of thiazole rings is 1. The van der Waals surface area contributed by atoms with Crippen LogP contribution in [0.2, 0.25) is 0 Å². The molecule has 30 heavy (non-hydrogen) atoms. The maximum atomic E-state index is 12.4. The number of nitrogens with one attached hydrogen (secondary N) is 1. The van der Waals surface area contributed by atoms with Crippen LogP contribution in [0.1, 0.15) is 39.1 Å². The maximum absolute atomic E-state index is 12.4. The predicted octanol–water partition coefficient (Wildman–Crippen LogP) is 4.70. The topological polar surface area (TPSA) is 77.5 Å². The number of hydrogen-bond donors (Lipinski definition) is 1. The van der Waals surface area contributed by atoms with Crippen molar-refractivity contribution < 1.29 is 19.1 Å². The van der Waals surface area contributed by atoms with E-state index in [0.29, 0.717) is 17.9 Å². The van der Waals surface area contributed by atoms with Crippen LogP contribution in [-0.2, 0) is 22.6 Å². The van der Waals surface area contributed by atoms with Gasteiger partial charge in [-0.05, 0) is 49.6 Å². The van der Waals surface area contributed by atoms with Gasteiger partial charge < -0.3 is 14.8 Å². The van der Waals surface area contributed by atoms with E-state index >= 15 is 0 Å². The Morgan fingerprint density at radius 3 is 2.67 bits per heavy atom. The summed E-state index contributed by atoms with van der Waals surface area (Å²) in [5, 5.41) is 5.75. The Bertz CT molecular complexity index is 1050. The summed E-state index contributed by atoms with van der Waals surface area (Å²) in [6.07, 6.45) is 0.796. The third kappa shape index (κ3) is 5.67. The molecule has 7 heteroatoms. The highest BCUT2D eigenvalue weighted by atomic mass is 32.1. The number of hydrogen-bond acceptors (Lipinski definition) is 6. The van der Waals surface area contributed by atoms with Gasteiger partial charge in [0.15, 0.2) is 6.61 Å². The van der Waals surface area contributed by atoms with Gasteiger partial charge in [0.1, 0.15) is 12.4 Å². The van der Waals surface area contributed by atoms with Gasteiger partial charge in [-0.2, -0.15) is 0 Å². The quantitative estimate of drug-likeness (QED) is 0.531. The zero-order valence-electron chi connectivity index (χ0n) is 17.2. The highest BCUT2D eigenvalue weighted by Crippen LogP contribution is 2.21. The molecule has 3 aromatic rings. The number of aromatic nitrogens is 1. The molecule has 0 aliphatic rings. The van der Waals surface area contributed by atoms with Crippen molar-refractivity contribution in [1.82, 2.24) is 4.98 Å². The molecule has 0 saturated heterocycles. The van der Waals surface area contributed by atoms with Crippen LogP contribution in [0.15, 0.2) is 47.8 Å². The number of amides is 1. The fourth-order valence-electron chi connectivity index (χ4n) is 2.94. The van der Waals surface area contributed by atoms with E-state index < -0.39 is 5.97 Å². The van der Waals surface area contributed by atoms with Crippen molar-refractivity contribution in [3.63, 3.8) is 0 Å². The molecule has 0 unspecified atom stereocenters. The number of nitrogens with zero attached hydrogens (tertiary/aromatic N) is 1. The van der Waals surface area contributed by atoms with Crippen LogP contribution in [-0.4, -0.2) is 23.5 Å². The summed E-state index contributed by atoms with van der Waals surface area (Å²) in [6.45, 7) is 5.85. The molecule has 6 nitrogen and oxygen atoms in total. The number of ether oxygens (including phenoxy) is 2. The van der Waals surface area contributed by atoms with Crippen LogP contribution in [0.5, 0.6) is 5.75 Å². The molecule has 0 aliphatic carbocycles. The van der Waals surface area contributed by atoms with Gasteiger partial charge in [0, 0.05) is 11.1 Å². The van der Waals surface area contributed by atoms with Gasteiger partial charge in [-0.25, -0.2) is 9.78 Å². The minimum atomic E-state index is -0.583. The van der Waals surface area contributed by atoms with E-state index in [0.717, 1.165) is 33.9 Å². The highest BCUT2D eigenvalue weighted by Gasteiger charge is 2.13. The Labute approximate surface area is 179 Å². The summed E-state index contributed by atoms with van der Waals surface area (Å²) in [6, 6.07) is 12.5. The van der Waals surface area contributed by atoms with Crippen molar-refractivity contribution in [3.8, 4) is 5.75 Å². The van der Waals surface area contributed by atoms with Gasteiger partial charge in [0.25, 0.3) is 5.91 Å². The SMILES string of the molecule is CCc1cccc(C)c1NC(=O)COC(=O)c1cccc(OCc2csc(C)n2)c1. The van der Waals surface area contributed by atoms with Gasteiger partial charge in [0.05, 0.1) is 16.3 Å². The second-order valence-electron chi connectivity index (χ2n) is 6.76. The molecule has 0 saturated carbocycles. The lowest BCUT2D eigenvalue weighted by atomic mass is 10.1.